The van der Waals surface area contributed by atoms with Crippen LogP contribution in [-0.2, 0) is 0 Å². The van der Waals surface area contributed by atoms with Crippen molar-refractivity contribution in [3.63, 3.8) is 0 Å². The van der Waals surface area contributed by atoms with Gasteiger partial charge in [-0.2, -0.15) is 0 Å². The molecule has 12 rings (SSSR count). The van der Waals surface area contributed by atoms with Crippen LogP contribution in [0.15, 0.2) is 231 Å². The van der Waals surface area contributed by atoms with Crippen molar-refractivity contribution in [2.24, 2.45) is 0 Å². The van der Waals surface area contributed by atoms with Crippen LogP contribution in [0.5, 0.6) is 0 Å². The van der Waals surface area contributed by atoms with E-state index in [0.717, 1.165) is 34.1 Å². The van der Waals surface area contributed by atoms with Crippen molar-refractivity contribution in [3.05, 3.63) is 253 Å². The molecule has 0 aliphatic rings. The summed E-state index contributed by atoms with van der Waals surface area (Å²) in [7, 11) is -3.20. The average Bonchev–Trinajstić information content (AvgIpc) is 3.64. The average molecular weight is 1040 g/mol. The van der Waals surface area contributed by atoms with Crippen LogP contribution >= 0.6 is 0 Å². The summed E-state index contributed by atoms with van der Waals surface area (Å²) in [5, 5.41) is 10.3. The molecule has 0 aromatic heterocycles. The number of rotatable bonds is 12. The molecule has 0 saturated carbocycles. The first-order valence-corrected chi connectivity index (χ1v) is 34.7. The molecule has 2 nitrogen and oxygen atoms in total. The van der Waals surface area contributed by atoms with Gasteiger partial charge in [-0.3, -0.25) is 0 Å². The Hall–Kier alpha value is -8.29. The van der Waals surface area contributed by atoms with Crippen LogP contribution < -0.4 is 20.2 Å². The molecule has 0 aliphatic heterocycles. The van der Waals surface area contributed by atoms with Gasteiger partial charge in [0.2, 0.25) is 0 Å². The van der Waals surface area contributed by atoms with E-state index in [1.165, 1.54) is 109 Å². The first-order valence-electron chi connectivity index (χ1n) is 27.7. The molecule has 4 heteroatoms. The highest BCUT2D eigenvalue weighted by Crippen LogP contribution is 2.49. The zero-order valence-corrected chi connectivity index (χ0v) is 48.8. The molecule has 0 fully saturated rings. The topological polar surface area (TPSA) is 6.48 Å². The lowest BCUT2D eigenvalue weighted by molar-refractivity contribution is 1.29. The van der Waals surface area contributed by atoms with Crippen LogP contribution in [0.25, 0.3) is 76.8 Å². The van der Waals surface area contributed by atoms with Gasteiger partial charge in [-0.25, -0.2) is 0 Å². The van der Waals surface area contributed by atoms with E-state index < -0.39 is 16.1 Å². The molecule has 0 radical (unpaired) electrons. The van der Waals surface area contributed by atoms with Gasteiger partial charge < -0.3 is 9.80 Å². The summed E-state index contributed by atoms with van der Waals surface area (Å²) >= 11 is 0. The van der Waals surface area contributed by atoms with Gasteiger partial charge in [0.05, 0.1) is 27.5 Å². The maximum Gasteiger partial charge on any atom is 0.0775 e. The van der Waals surface area contributed by atoms with E-state index in [9.17, 15) is 0 Å². The molecule has 0 amide bonds. The maximum absolute atomic E-state index is 2.53. The molecule has 0 heterocycles. The van der Waals surface area contributed by atoms with Gasteiger partial charge in [-0.1, -0.05) is 207 Å². The van der Waals surface area contributed by atoms with Gasteiger partial charge in [0.25, 0.3) is 0 Å². The van der Waals surface area contributed by atoms with Crippen LogP contribution in [0.1, 0.15) is 22.3 Å². The summed E-state index contributed by atoms with van der Waals surface area (Å²) < 4.78 is 0. The van der Waals surface area contributed by atoms with Crippen molar-refractivity contribution in [1.29, 1.82) is 0 Å². The molecule has 12 aromatic carbocycles. The third-order valence-corrected chi connectivity index (χ3v) is 20.4. The summed E-state index contributed by atoms with van der Waals surface area (Å²) in [4.78, 5) is 5.06. The lowest BCUT2D eigenvalue weighted by Crippen LogP contribution is -2.37. The first kappa shape index (κ1) is 50.5. The van der Waals surface area contributed by atoms with Gasteiger partial charge >= 0.3 is 0 Å². The second kappa shape index (κ2) is 19.9. The van der Waals surface area contributed by atoms with Crippen molar-refractivity contribution in [1.82, 2.24) is 0 Å². The summed E-state index contributed by atoms with van der Waals surface area (Å²) in [5.41, 5.74) is 21.6. The standard InChI is InChI=1S/C74H68N2Si2/c1-49-19-11-15-23-65(49)55-43-56(66-24-16-12-20-50(66)2)46-61(45-55)75(59-31-35-63(36-32-59)77(5,6)7)71-41-29-53-28-40-70-72(42-30-54-27-39-69(71)73(53)74(54)70)76(60-33-37-64(38-34-60)78(8,9)10)62-47-57(67-25-17-13-21-51(67)3)44-58(48-62)68-26-18-14-22-52(68)4/h11-48H,1-10H3. The molecule has 0 atom stereocenters. The SMILES string of the molecule is Cc1ccccc1-c1cc(-c2ccccc2C)cc(N(c2ccc([Si](C)(C)C)cc2)c2ccc3ccc4c(N(c5ccc([Si](C)(C)C)cc5)c5cc(-c6ccccc6C)cc(-c6ccccc6C)c5)ccc5ccc2c3c54)c1. The quantitative estimate of drug-likeness (QED) is 0.0889. The number of hydrogen-bond acceptors (Lipinski definition) is 2. The molecule has 0 N–H and O–H groups in total. The molecule has 0 aliphatic carbocycles. The third kappa shape index (κ3) is 9.33. The van der Waals surface area contributed by atoms with Crippen molar-refractivity contribution in [2.75, 3.05) is 9.80 Å². The Morgan fingerprint density at radius 1 is 0.269 bits per heavy atom. The Bertz CT molecular complexity index is 3810. The van der Waals surface area contributed by atoms with Crippen LogP contribution in [0, 0.1) is 27.7 Å². The fourth-order valence-electron chi connectivity index (χ4n) is 11.9. The normalized spacial score (nSPS) is 12.0. The van der Waals surface area contributed by atoms with Crippen LogP contribution in [-0.4, -0.2) is 16.1 Å². The van der Waals surface area contributed by atoms with Gasteiger partial charge in [0.15, 0.2) is 0 Å². The van der Waals surface area contributed by atoms with Gasteiger partial charge in [-0.05, 0) is 189 Å². The Morgan fingerprint density at radius 3 is 0.833 bits per heavy atom. The highest BCUT2D eigenvalue weighted by atomic mass is 28.3. The monoisotopic (exact) mass is 1040 g/mol. The molecular weight excluding hydrogens is 973 g/mol. The van der Waals surface area contributed by atoms with Crippen molar-refractivity contribution < 1.29 is 0 Å². The van der Waals surface area contributed by atoms with Crippen LogP contribution in [0.4, 0.5) is 34.1 Å². The third-order valence-electron chi connectivity index (χ3n) is 16.3. The second-order valence-electron chi connectivity index (χ2n) is 23.7. The van der Waals surface area contributed by atoms with E-state index in [2.05, 4.69) is 307 Å². The minimum Gasteiger partial charge on any atom is -0.310 e. The van der Waals surface area contributed by atoms with E-state index in [4.69, 9.17) is 0 Å². The smallest absolute Gasteiger partial charge is 0.0775 e. The number of nitrogens with zero attached hydrogens (tertiary/aromatic N) is 2. The molecule has 0 saturated heterocycles. The maximum atomic E-state index is 2.53. The van der Waals surface area contributed by atoms with E-state index >= 15 is 0 Å². The van der Waals surface area contributed by atoms with E-state index in [0.29, 0.717) is 0 Å². The zero-order valence-electron chi connectivity index (χ0n) is 46.8. The van der Waals surface area contributed by atoms with Gasteiger partial charge in [0, 0.05) is 33.5 Å². The Balaban J connectivity index is 1.12. The highest BCUT2D eigenvalue weighted by molar-refractivity contribution is 6.89. The van der Waals surface area contributed by atoms with Crippen molar-refractivity contribution in [2.45, 2.75) is 67.0 Å². The lowest BCUT2D eigenvalue weighted by Gasteiger charge is -2.31. The number of aryl methyl sites for hydroxylation is 4. The lowest BCUT2D eigenvalue weighted by atomic mass is 9.90. The molecule has 0 bridgehead atoms. The summed E-state index contributed by atoms with van der Waals surface area (Å²) in [6.07, 6.45) is 0. The zero-order chi connectivity index (χ0) is 54.0. The Morgan fingerprint density at radius 2 is 0.551 bits per heavy atom. The van der Waals surface area contributed by atoms with Crippen LogP contribution in [0.2, 0.25) is 39.3 Å². The molecule has 0 spiro atoms. The van der Waals surface area contributed by atoms with E-state index in [1.807, 2.05) is 0 Å². The molecule has 382 valence electrons. The van der Waals surface area contributed by atoms with Crippen molar-refractivity contribution >= 4 is 93.0 Å². The predicted octanol–water partition coefficient (Wildman–Crippen LogP) is 20.5. The number of benzene rings is 12. The summed E-state index contributed by atoms with van der Waals surface area (Å²) in [6, 6.07) is 87.5. The first-order chi connectivity index (χ1) is 37.6. The fourth-order valence-corrected chi connectivity index (χ4v) is 14.3. The van der Waals surface area contributed by atoms with Gasteiger partial charge in [-0.15, -0.1) is 0 Å². The molecule has 0 unspecified atom stereocenters. The number of hydrogen-bond donors (Lipinski definition) is 0. The number of anilines is 6. The van der Waals surface area contributed by atoms with Crippen molar-refractivity contribution in [3.8, 4) is 44.5 Å². The summed E-state index contributed by atoms with van der Waals surface area (Å²) in [6.45, 7) is 23.5. The van der Waals surface area contributed by atoms with E-state index in [-0.39, 0.29) is 0 Å². The Labute approximate surface area is 464 Å². The molecular formula is C74H68N2Si2. The van der Waals surface area contributed by atoms with E-state index in [1.54, 1.807) is 0 Å². The van der Waals surface area contributed by atoms with Gasteiger partial charge in [0.1, 0.15) is 0 Å². The highest BCUT2D eigenvalue weighted by Gasteiger charge is 2.26. The van der Waals surface area contributed by atoms with Crippen LogP contribution in [0.3, 0.4) is 0 Å². The molecule has 78 heavy (non-hydrogen) atoms. The largest absolute Gasteiger partial charge is 0.310 e. The molecule has 12 aromatic rings. The Kier molecular flexibility index (Phi) is 12.9. The minimum absolute atomic E-state index is 1.12. The fraction of sp³-hybridized carbons (Fsp3) is 0.135. The predicted molar refractivity (Wildman–Crippen MR) is 346 cm³/mol. The minimum atomic E-state index is -1.60. The summed E-state index contributed by atoms with van der Waals surface area (Å²) in [5.74, 6) is 0. The second-order valence-corrected chi connectivity index (χ2v) is 33.8.